The average molecular weight is 274 g/mol. The summed E-state index contributed by atoms with van der Waals surface area (Å²) in [5, 5.41) is 0. The predicted octanol–water partition coefficient (Wildman–Crippen LogP) is 1.77. The molecule has 0 atom stereocenters. The maximum Gasteiger partial charge on any atom is 0.333 e. The van der Waals surface area contributed by atoms with Gasteiger partial charge < -0.3 is 4.74 Å². The van der Waals surface area contributed by atoms with Gasteiger partial charge in [-0.1, -0.05) is 30.3 Å². The summed E-state index contributed by atoms with van der Waals surface area (Å²) in [6.45, 7) is 4.10. The minimum absolute atomic E-state index is 0.00322. The van der Waals surface area contributed by atoms with E-state index >= 15 is 0 Å². The predicted molar refractivity (Wildman–Crippen MR) is 76.6 cm³/mol. The van der Waals surface area contributed by atoms with Crippen molar-refractivity contribution in [2.45, 2.75) is 33.2 Å². The number of hydrogen-bond donors (Lipinski definition) is 0. The number of nitrogens with zero attached hydrogens (tertiary/aromatic N) is 2. The lowest BCUT2D eigenvalue weighted by atomic mass is 10.2. The molecule has 0 N–H and O–H groups in total. The van der Waals surface area contributed by atoms with E-state index in [1.54, 1.807) is 0 Å². The Bertz CT molecular complexity index is 672. The molecule has 2 aromatic rings. The zero-order valence-electron chi connectivity index (χ0n) is 11.7. The summed E-state index contributed by atoms with van der Waals surface area (Å²) in [6.07, 6.45) is 1.52. The van der Waals surface area contributed by atoms with Gasteiger partial charge in [0.05, 0.1) is 6.61 Å². The van der Waals surface area contributed by atoms with Crippen molar-refractivity contribution in [1.29, 1.82) is 0 Å². The fourth-order valence-corrected chi connectivity index (χ4v) is 1.87. The molecule has 1 aromatic carbocycles. The minimum atomic E-state index is -0.347. The Morgan fingerprint density at radius 2 is 1.80 bits per heavy atom. The first-order valence-electron chi connectivity index (χ1n) is 6.53. The largest absolute Gasteiger partial charge is 0.356 e. The molecule has 0 aliphatic carbocycles. The summed E-state index contributed by atoms with van der Waals surface area (Å²) in [5.41, 5.74) is 0.307. The SMILES string of the molecule is CC(C)n1ccc(=O)n(COCc2ccccc2)c1=O. The minimum Gasteiger partial charge on any atom is -0.356 e. The highest BCUT2D eigenvalue weighted by atomic mass is 16.5. The molecule has 0 bridgehead atoms. The molecule has 0 aliphatic heterocycles. The Hall–Kier alpha value is -2.14. The number of rotatable bonds is 5. The van der Waals surface area contributed by atoms with Crippen LogP contribution in [0.4, 0.5) is 0 Å². The van der Waals surface area contributed by atoms with Crippen molar-refractivity contribution in [3.8, 4) is 0 Å². The molecular formula is C15H18N2O3. The van der Waals surface area contributed by atoms with E-state index in [1.165, 1.54) is 16.8 Å². The second-order valence-electron chi connectivity index (χ2n) is 4.83. The number of hydrogen-bond acceptors (Lipinski definition) is 3. The third-order valence-corrected chi connectivity index (χ3v) is 2.98. The van der Waals surface area contributed by atoms with Crippen LogP contribution in [-0.4, -0.2) is 9.13 Å². The van der Waals surface area contributed by atoms with Gasteiger partial charge in [0.1, 0.15) is 6.73 Å². The maximum absolute atomic E-state index is 12.1. The summed E-state index contributed by atoms with van der Waals surface area (Å²) in [6, 6.07) is 11.0. The highest BCUT2D eigenvalue weighted by molar-refractivity contribution is 5.13. The molecular weight excluding hydrogens is 256 g/mol. The van der Waals surface area contributed by atoms with E-state index in [0.29, 0.717) is 6.61 Å². The van der Waals surface area contributed by atoms with Gasteiger partial charge in [-0.2, -0.15) is 0 Å². The molecule has 0 spiro atoms. The van der Waals surface area contributed by atoms with Gasteiger partial charge in [0.2, 0.25) is 0 Å². The van der Waals surface area contributed by atoms with Crippen molar-refractivity contribution >= 4 is 0 Å². The van der Waals surface area contributed by atoms with Crippen LogP contribution in [0.1, 0.15) is 25.5 Å². The van der Waals surface area contributed by atoms with Gasteiger partial charge in [-0.3, -0.25) is 9.36 Å². The summed E-state index contributed by atoms with van der Waals surface area (Å²) in [5.74, 6) is 0. The van der Waals surface area contributed by atoms with Gasteiger partial charge in [-0.25, -0.2) is 9.36 Å². The smallest absolute Gasteiger partial charge is 0.333 e. The molecule has 5 nitrogen and oxygen atoms in total. The van der Waals surface area contributed by atoms with E-state index in [1.807, 2.05) is 44.2 Å². The molecule has 0 aliphatic rings. The molecule has 20 heavy (non-hydrogen) atoms. The van der Waals surface area contributed by atoms with Crippen LogP contribution in [0.2, 0.25) is 0 Å². The third-order valence-electron chi connectivity index (χ3n) is 2.98. The van der Waals surface area contributed by atoms with E-state index in [4.69, 9.17) is 4.74 Å². The molecule has 0 saturated carbocycles. The van der Waals surface area contributed by atoms with Crippen molar-refractivity contribution in [2.75, 3.05) is 0 Å². The Labute approximate surface area is 117 Å². The molecule has 1 aromatic heterocycles. The third kappa shape index (κ3) is 3.24. The van der Waals surface area contributed by atoms with E-state index < -0.39 is 0 Å². The lowest BCUT2D eigenvalue weighted by Crippen LogP contribution is -2.40. The molecule has 0 fully saturated rings. The normalized spacial score (nSPS) is 10.9. The number of benzene rings is 1. The van der Waals surface area contributed by atoms with Crippen molar-refractivity contribution in [3.05, 3.63) is 69.0 Å². The first kappa shape index (κ1) is 14.3. The Balaban J connectivity index is 2.12. The van der Waals surface area contributed by atoms with Crippen molar-refractivity contribution in [3.63, 3.8) is 0 Å². The lowest BCUT2D eigenvalue weighted by Gasteiger charge is -2.12. The molecule has 0 amide bonds. The van der Waals surface area contributed by atoms with Crippen LogP contribution >= 0.6 is 0 Å². The summed E-state index contributed by atoms with van der Waals surface area (Å²) < 4.78 is 8.06. The lowest BCUT2D eigenvalue weighted by molar-refractivity contribution is 0.0576. The van der Waals surface area contributed by atoms with Crippen LogP contribution in [0.15, 0.2) is 52.2 Å². The van der Waals surface area contributed by atoms with Gasteiger partial charge in [0.15, 0.2) is 0 Å². The maximum atomic E-state index is 12.1. The number of aromatic nitrogens is 2. The summed E-state index contributed by atoms with van der Waals surface area (Å²) >= 11 is 0. The summed E-state index contributed by atoms with van der Waals surface area (Å²) in [4.78, 5) is 23.8. The summed E-state index contributed by atoms with van der Waals surface area (Å²) in [7, 11) is 0. The second kappa shape index (κ2) is 6.34. The van der Waals surface area contributed by atoms with E-state index in [0.717, 1.165) is 10.1 Å². The fourth-order valence-electron chi connectivity index (χ4n) is 1.87. The van der Waals surface area contributed by atoms with Crippen LogP contribution in [0, 0.1) is 0 Å². The van der Waals surface area contributed by atoms with Gasteiger partial charge in [0, 0.05) is 18.3 Å². The average Bonchev–Trinajstić information content (AvgIpc) is 2.43. The molecule has 0 saturated heterocycles. The molecule has 0 radical (unpaired) electrons. The van der Waals surface area contributed by atoms with Crippen LogP contribution < -0.4 is 11.2 Å². The van der Waals surface area contributed by atoms with Crippen molar-refractivity contribution in [1.82, 2.24) is 9.13 Å². The van der Waals surface area contributed by atoms with E-state index in [-0.39, 0.29) is 24.0 Å². The van der Waals surface area contributed by atoms with Gasteiger partial charge in [0.25, 0.3) is 5.56 Å². The quantitative estimate of drug-likeness (QED) is 0.835. The van der Waals surface area contributed by atoms with Crippen LogP contribution in [-0.2, 0) is 18.1 Å². The second-order valence-corrected chi connectivity index (χ2v) is 4.83. The number of ether oxygens (including phenoxy) is 1. The van der Waals surface area contributed by atoms with Crippen molar-refractivity contribution < 1.29 is 4.74 Å². The Morgan fingerprint density at radius 3 is 2.45 bits per heavy atom. The van der Waals surface area contributed by atoms with Crippen LogP contribution in [0.25, 0.3) is 0 Å². The van der Waals surface area contributed by atoms with Gasteiger partial charge >= 0.3 is 5.69 Å². The molecule has 2 rings (SSSR count). The van der Waals surface area contributed by atoms with E-state index in [9.17, 15) is 9.59 Å². The van der Waals surface area contributed by atoms with Crippen LogP contribution in [0.5, 0.6) is 0 Å². The van der Waals surface area contributed by atoms with Crippen LogP contribution in [0.3, 0.4) is 0 Å². The Morgan fingerprint density at radius 1 is 1.10 bits per heavy atom. The molecule has 0 unspecified atom stereocenters. The zero-order valence-corrected chi connectivity index (χ0v) is 11.7. The van der Waals surface area contributed by atoms with Crippen molar-refractivity contribution in [2.24, 2.45) is 0 Å². The van der Waals surface area contributed by atoms with E-state index in [2.05, 4.69) is 0 Å². The monoisotopic (exact) mass is 274 g/mol. The first-order valence-corrected chi connectivity index (χ1v) is 6.53. The van der Waals surface area contributed by atoms with Gasteiger partial charge in [-0.05, 0) is 19.4 Å². The highest BCUT2D eigenvalue weighted by Gasteiger charge is 2.07. The highest BCUT2D eigenvalue weighted by Crippen LogP contribution is 2.01. The molecule has 1 heterocycles. The fraction of sp³-hybridized carbons (Fsp3) is 0.333. The topological polar surface area (TPSA) is 53.2 Å². The standard InChI is InChI=1S/C15H18N2O3/c1-12(2)16-9-8-14(18)17(15(16)19)11-20-10-13-6-4-3-5-7-13/h3-9,12H,10-11H2,1-2H3. The Kier molecular flexibility index (Phi) is 4.53. The first-order chi connectivity index (χ1) is 9.59. The molecule has 106 valence electrons. The zero-order chi connectivity index (χ0) is 14.5. The molecule has 5 heteroatoms. The van der Waals surface area contributed by atoms with Gasteiger partial charge in [-0.15, -0.1) is 0 Å².